The van der Waals surface area contributed by atoms with Crippen LogP contribution in [0.3, 0.4) is 0 Å². The van der Waals surface area contributed by atoms with Gasteiger partial charge in [0.05, 0.1) is 17.5 Å². The molecule has 3 rings (SSSR count). The fourth-order valence-electron chi connectivity index (χ4n) is 2.70. The zero-order chi connectivity index (χ0) is 18.0. The number of carbonyl (C=O) groups is 1. The molecule has 3 aromatic rings. The van der Waals surface area contributed by atoms with Gasteiger partial charge in [0.2, 0.25) is 5.43 Å². The van der Waals surface area contributed by atoms with Crippen LogP contribution in [0.4, 0.5) is 10.1 Å². The van der Waals surface area contributed by atoms with Crippen LogP contribution in [0.15, 0.2) is 53.5 Å². The van der Waals surface area contributed by atoms with Crippen molar-refractivity contribution in [2.45, 2.75) is 13.5 Å². The van der Waals surface area contributed by atoms with Crippen molar-refractivity contribution in [1.29, 1.82) is 0 Å². The summed E-state index contributed by atoms with van der Waals surface area (Å²) in [5.41, 5.74) is 6.78. The highest BCUT2D eigenvalue weighted by Gasteiger charge is 2.18. The Kier molecular flexibility index (Phi) is 4.52. The van der Waals surface area contributed by atoms with Crippen LogP contribution in [-0.2, 0) is 11.3 Å². The maximum Gasteiger partial charge on any atom is 0.343 e. The second-order valence-electron chi connectivity index (χ2n) is 5.60. The molecule has 0 saturated heterocycles. The molecule has 0 saturated carbocycles. The quantitative estimate of drug-likeness (QED) is 0.585. The summed E-state index contributed by atoms with van der Waals surface area (Å²) in [5.74, 6) is -1.43. The number of hydrogen-bond donors (Lipinski definition) is 1. The molecule has 2 aromatic carbocycles. The average Bonchev–Trinajstić information content (AvgIpc) is 2.59. The lowest BCUT2D eigenvalue weighted by Crippen LogP contribution is -2.22. The minimum atomic E-state index is -0.760. The predicted octanol–water partition coefficient (Wildman–Crippen LogP) is 2.95. The Hall–Kier alpha value is -3.15. The zero-order valence-corrected chi connectivity index (χ0v) is 13.7. The van der Waals surface area contributed by atoms with Gasteiger partial charge in [0.15, 0.2) is 0 Å². The summed E-state index contributed by atoms with van der Waals surface area (Å²) in [6.45, 7) is 2.13. The van der Waals surface area contributed by atoms with Crippen LogP contribution in [0.1, 0.15) is 22.8 Å². The number of ether oxygens (including phenoxy) is 1. The Labute approximate surface area is 143 Å². The standard InChI is InChI=1S/C19H17FN2O3/c1-2-25-19(24)14-11-22(10-12-6-8-13(21)9-7-12)16-5-3-4-15(20)17(16)18(14)23/h3-9,11H,2,10,21H2,1H3. The van der Waals surface area contributed by atoms with Crippen molar-refractivity contribution in [1.82, 2.24) is 4.57 Å². The molecule has 2 N–H and O–H groups in total. The summed E-state index contributed by atoms with van der Waals surface area (Å²) in [4.78, 5) is 24.6. The molecule has 0 spiro atoms. The second kappa shape index (κ2) is 6.76. The number of benzene rings is 2. The molecule has 5 nitrogen and oxygen atoms in total. The van der Waals surface area contributed by atoms with Crippen LogP contribution in [0.5, 0.6) is 0 Å². The van der Waals surface area contributed by atoms with Gasteiger partial charge in [-0.05, 0) is 36.8 Å². The first-order valence-corrected chi connectivity index (χ1v) is 7.84. The van der Waals surface area contributed by atoms with E-state index in [0.717, 1.165) is 5.56 Å². The molecule has 25 heavy (non-hydrogen) atoms. The summed E-state index contributed by atoms with van der Waals surface area (Å²) >= 11 is 0. The van der Waals surface area contributed by atoms with Crippen LogP contribution in [0.2, 0.25) is 0 Å². The highest BCUT2D eigenvalue weighted by Crippen LogP contribution is 2.18. The van der Waals surface area contributed by atoms with E-state index in [1.807, 2.05) is 12.1 Å². The number of nitrogen functional groups attached to an aromatic ring is 1. The smallest absolute Gasteiger partial charge is 0.343 e. The molecule has 128 valence electrons. The van der Waals surface area contributed by atoms with E-state index in [0.29, 0.717) is 17.7 Å². The van der Waals surface area contributed by atoms with E-state index in [1.165, 1.54) is 18.3 Å². The Balaban J connectivity index is 2.21. The lowest BCUT2D eigenvalue weighted by Gasteiger charge is -2.14. The molecule has 1 aromatic heterocycles. The number of pyridine rings is 1. The van der Waals surface area contributed by atoms with E-state index >= 15 is 0 Å². The highest BCUT2D eigenvalue weighted by atomic mass is 19.1. The third-order valence-corrected chi connectivity index (χ3v) is 3.89. The second-order valence-corrected chi connectivity index (χ2v) is 5.60. The molecule has 0 unspecified atom stereocenters. The average molecular weight is 340 g/mol. The topological polar surface area (TPSA) is 74.3 Å². The Bertz CT molecular complexity index is 994. The molecule has 0 bridgehead atoms. The summed E-state index contributed by atoms with van der Waals surface area (Å²) in [6, 6.07) is 11.6. The summed E-state index contributed by atoms with van der Waals surface area (Å²) in [7, 11) is 0. The fourth-order valence-corrected chi connectivity index (χ4v) is 2.70. The molecule has 1 heterocycles. The van der Waals surface area contributed by atoms with E-state index < -0.39 is 17.2 Å². The van der Waals surface area contributed by atoms with Crippen molar-refractivity contribution >= 4 is 22.6 Å². The lowest BCUT2D eigenvalue weighted by molar-refractivity contribution is 0.0524. The molecule has 0 aliphatic rings. The molecule has 0 fully saturated rings. The van der Waals surface area contributed by atoms with Crippen molar-refractivity contribution in [3.63, 3.8) is 0 Å². The summed E-state index contributed by atoms with van der Waals surface area (Å²) in [6.07, 6.45) is 1.42. The number of halogens is 1. The van der Waals surface area contributed by atoms with Crippen LogP contribution in [0, 0.1) is 5.82 Å². The molecule has 0 amide bonds. The molecule has 0 aliphatic heterocycles. The van der Waals surface area contributed by atoms with E-state index in [1.54, 1.807) is 29.7 Å². The number of carbonyl (C=O) groups excluding carboxylic acids is 1. The third kappa shape index (κ3) is 3.24. The molecule has 0 atom stereocenters. The summed E-state index contributed by atoms with van der Waals surface area (Å²) < 4.78 is 20.9. The first-order chi connectivity index (χ1) is 12.0. The van der Waals surface area contributed by atoms with E-state index in [4.69, 9.17) is 10.5 Å². The van der Waals surface area contributed by atoms with Crippen molar-refractivity contribution in [2.24, 2.45) is 0 Å². The van der Waals surface area contributed by atoms with Crippen LogP contribution in [-0.4, -0.2) is 17.1 Å². The first kappa shape index (κ1) is 16.7. The molecule has 6 heteroatoms. The van der Waals surface area contributed by atoms with Gasteiger partial charge in [0.25, 0.3) is 0 Å². The Morgan fingerprint density at radius 3 is 2.60 bits per heavy atom. The lowest BCUT2D eigenvalue weighted by atomic mass is 10.1. The van der Waals surface area contributed by atoms with Gasteiger partial charge in [0, 0.05) is 18.4 Å². The van der Waals surface area contributed by atoms with Crippen molar-refractivity contribution in [3.05, 3.63) is 75.8 Å². The minimum absolute atomic E-state index is 0.122. The maximum absolute atomic E-state index is 14.3. The maximum atomic E-state index is 14.3. The molecular formula is C19H17FN2O3. The summed E-state index contributed by atoms with van der Waals surface area (Å²) in [5, 5.41) is -0.122. The van der Waals surface area contributed by atoms with Gasteiger partial charge in [-0.25, -0.2) is 9.18 Å². The minimum Gasteiger partial charge on any atom is -0.462 e. The zero-order valence-electron chi connectivity index (χ0n) is 13.7. The Morgan fingerprint density at radius 1 is 1.20 bits per heavy atom. The number of fused-ring (bicyclic) bond motifs is 1. The number of rotatable bonds is 4. The van der Waals surface area contributed by atoms with Crippen molar-refractivity contribution in [3.8, 4) is 0 Å². The van der Waals surface area contributed by atoms with Gasteiger partial charge >= 0.3 is 5.97 Å². The molecule has 0 aliphatic carbocycles. The van der Waals surface area contributed by atoms with Crippen LogP contribution in [0.25, 0.3) is 10.9 Å². The van der Waals surface area contributed by atoms with Crippen LogP contribution >= 0.6 is 0 Å². The fraction of sp³-hybridized carbons (Fsp3) is 0.158. The van der Waals surface area contributed by atoms with E-state index in [-0.39, 0.29) is 17.6 Å². The van der Waals surface area contributed by atoms with Gasteiger partial charge < -0.3 is 15.0 Å². The number of esters is 1. The first-order valence-electron chi connectivity index (χ1n) is 7.84. The number of anilines is 1. The normalized spacial score (nSPS) is 10.8. The predicted molar refractivity (Wildman–Crippen MR) is 94.1 cm³/mol. The number of nitrogens with two attached hydrogens (primary N) is 1. The van der Waals surface area contributed by atoms with Gasteiger partial charge in [-0.2, -0.15) is 0 Å². The number of nitrogens with zero attached hydrogens (tertiary/aromatic N) is 1. The SMILES string of the molecule is CCOC(=O)c1cn(Cc2ccc(N)cc2)c2cccc(F)c2c1=O. The van der Waals surface area contributed by atoms with E-state index in [2.05, 4.69) is 0 Å². The molecule has 0 radical (unpaired) electrons. The van der Waals surface area contributed by atoms with E-state index in [9.17, 15) is 14.0 Å². The highest BCUT2D eigenvalue weighted by molar-refractivity contribution is 5.94. The van der Waals surface area contributed by atoms with Crippen molar-refractivity contribution in [2.75, 3.05) is 12.3 Å². The van der Waals surface area contributed by atoms with Crippen molar-refractivity contribution < 1.29 is 13.9 Å². The van der Waals surface area contributed by atoms with Gasteiger partial charge in [0.1, 0.15) is 11.4 Å². The van der Waals surface area contributed by atoms with Crippen LogP contribution < -0.4 is 11.2 Å². The van der Waals surface area contributed by atoms with Gasteiger partial charge in [-0.3, -0.25) is 4.79 Å². The molecular weight excluding hydrogens is 323 g/mol. The van der Waals surface area contributed by atoms with Gasteiger partial charge in [-0.1, -0.05) is 18.2 Å². The third-order valence-electron chi connectivity index (χ3n) is 3.89. The number of hydrogen-bond acceptors (Lipinski definition) is 4. The monoisotopic (exact) mass is 340 g/mol. The van der Waals surface area contributed by atoms with Gasteiger partial charge in [-0.15, -0.1) is 0 Å². The Morgan fingerprint density at radius 2 is 1.92 bits per heavy atom. The largest absolute Gasteiger partial charge is 0.462 e. The number of aromatic nitrogens is 1.